The summed E-state index contributed by atoms with van der Waals surface area (Å²) in [4.78, 5) is 15.4. The molecule has 1 atom stereocenters. The van der Waals surface area contributed by atoms with Gasteiger partial charge in [-0.25, -0.2) is 4.98 Å². The van der Waals surface area contributed by atoms with Gasteiger partial charge < -0.3 is 9.67 Å². The maximum absolute atomic E-state index is 11.1. The molecule has 0 aliphatic carbocycles. The molecule has 82 valence electrons. The summed E-state index contributed by atoms with van der Waals surface area (Å²) in [5.74, 6) is 0.271. The summed E-state index contributed by atoms with van der Waals surface area (Å²) in [6.45, 7) is 5.08. The van der Waals surface area contributed by atoms with Crippen molar-refractivity contribution >= 4 is 5.97 Å². The predicted octanol–water partition coefficient (Wildman–Crippen LogP) is 1.97. The van der Waals surface area contributed by atoms with Crippen LogP contribution in [0.5, 0.6) is 0 Å². The third-order valence-electron chi connectivity index (χ3n) is 2.96. The standard InChI is InChI=1S/C11H16N2O2/c1-7(2)10-12-6-9-8(11(14)15)4-3-5-13(9)10/h6-8H,3-5H2,1-2H3,(H,14,15). The van der Waals surface area contributed by atoms with Gasteiger partial charge in [0.15, 0.2) is 0 Å². The van der Waals surface area contributed by atoms with Crippen molar-refractivity contribution in [2.24, 2.45) is 0 Å². The highest BCUT2D eigenvalue weighted by molar-refractivity contribution is 5.75. The SMILES string of the molecule is CC(C)c1ncc2n1CCCC2C(=O)O. The van der Waals surface area contributed by atoms with Gasteiger partial charge in [-0.3, -0.25) is 4.79 Å². The third-order valence-corrected chi connectivity index (χ3v) is 2.96. The van der Waals surface area contributed by atoms with Gasteiger partial charge in [0.05, 0.1) is 11.6 Å². The molecule has 4 nitrogen and oxygen atoms in total. The van der Waals surface area contributed by atoms with E-state index in [-0.39, 0.29) is 5.92 Å². The van der Waals surface area contributed by atoms with Crippen molar-refractivity contribution < 1.29 is 9.90 Å². The first kappa shape index (κ1) is 10.2. The minimum absolute atomic E-state index is 0.353. The predicted molar refractivity (Wildman–Crippen MR) is 55.9 cm³/mol. The lowest BCUT2D eigenvalue weighted by Gasteiger charge is -2.23. The van der Waals surface area contributed by atoms with Crippen LogP contribution in [0.4, 0.5) is 0 Å². The zero-order valence-electron chi connectivity index (χ0n) is 9.10. The molecule has 1 aliphatic rings. The van der Waals surface area contributed by atoms with E-state index in [4.69, 9.17) is 5.11 Å². The van der Waals surface area contributed by atoms with E-state index in [9.17, 15) is 4.79 Å². The number of carboxylic acids is 1. The monoisotopic (exact) mass is 208 g/mol. The summed E-state index contributed by atoms with van der Waals surface area (Å²) >= 11 is 0. The quantitative estimate of drug-likeness (QED) is 0.808. The van der Waals surface area contributed by atoms with Gasteiger partial charge in [0, 0.05) is 18.7 Å². The highest BCUT2D eigenvalue weighted by atomic mass is 16.4. The van der Waals surface area contributed by atoms with Gasteiger partial charge in [-0.1, -0.05) is 13.8 Å². The van der Waals surface area contributed by atoms with E-state index >= 15 is 0 Å². The molecule has 0 amide bonds. The molecule has 2 rings (SSSR count). The number of hydrogen-bond donors (Lipinski definition) is 1. The molecule has 15 heavy (non-hydrogen) atoms. The number of aliphatic carboxylic acids is 1. The average Bonchev–Trinajstić information content (AvgIpc) is 2.59. The maximum atomic E-state index is 11.1. The van der Waals surface area contributed by atoms with E-state index in [0.29, 0.717) is 5.92 Å². The minimum atomic E-state index is -0.730. The number of rotatable bonds is 2. The molecule has 0 saturated heterocycles. The van der Waals surface area contributed by atoms with Gasteiger partial charge in [0.2, 0.25) is 0 Å². The lowest BCUT2D eigenvalue weighted by Crippen LogP contribution is -2.22. The van der Waals surface area contributed by atoms with Crippen molar-refractivity contribution in [3.8, 4) is 0 Å². The van der Waals surface area contributed by atoms with Crippen LogP contribution in [0, 0.1) is 0 Å². The highest BCUT2D eigenvalue weighted by Crippen LogP contribution is 2.30. The van der Waals surface area contributed by atoms with E-state index in [1.165, 1.54) is 0 Å². The first-order valence-corrected chi connectivity index (χ1v) is 5.39. The molecule has 1 unspecified atom stereocenters. The summed E-state index contributed by atoms with van der Waals surface area (Å²) in [5, 5.41) is 9.09. The van der Waals surface area contributed by atoms with Gasteiger partial charge in [-0.15, -0.1) is 0 Å². The van der Waals surface area contributed by atoms with Crippen LogP contribution in [-0.2, 0) is 11.3 Å². The summed E-state index contributed by atoms with van der Waals surface area (Å²) in [5.41, 5.74) is 0.873. The highest BCUT2D eigenvalue weighted by Gasteiger charge is 2.28. The molecule has 0 saturated carbocycles. The second-order valence-corrected chi connectivity index (χ2v) is 4.38. The second kappa shape index (κ2) is 3.68. The van der Waals surface area contributed by atoms with Crippen molar-refractivity contribution in [1.82, 2.24) is 9.55 Å². The Morgan fingerprint density at radius 3 is 3.00 bits per heavy atom. The molecule has 2 heterocycles. The van der Waals surface area contributed by atoms with Crippen LogP contribution < -0.4 is 0 Å². The molecule has 0 fully saturated rings. The van der Waals surface area contributed by atoms with E-state index in [1.807, 2.05) is 0 Å². The molecule has 1 aromatic rings. The Kier molecular flexibility index (Phi) is 2.50. The lowest BCUT2D eigenvalue weighted by atomic mass is 9.96. The fourth-order valence-electron chi connectivity index (χ4n) is 2.24. The summed E-state index contributed by atoms with van der Waals surface area (Å²) in [7, 11) is 0. The van der Waals surface area contributed by atoms with Crippen molar-refractivity contribution in [2.75, 3.05) is 0 Å². The van der Waals surface area contributed by atoms with E-state index < -0.39 is 5.97 Å². The fourth-order valence-corrected chi connectivity index (χ4v) is 2.24. The third kappa shape index (κ3) is 1.64. The van der Waals surface area contributed by atoms with Crippen LogP contribution in [-0.4, -0.2) is 20.6 Å². The molecule has 0 bridgehead atoms. The number of carbonyl (C=O) groups is 1. The second-order valence-electron chi connectivity index (χ2n) is 4.38. The smallest absolute Gasteiger partial charge is 0.312 e. The molecule has 1 aliphatic heterocycles. The van der Waals surface area contributed by atoms with Crippen LogP contribution in [0.15, 0.2) is 6.20 Å². The molecule has 0 spiro atoms. The Bertz CT molecular complexity index is 382. The molecule has 4 heteroatoms. The average molecular weight is 208 g/mol. The van der Waals surface area contributed by atoms with Gasteiger partial charge in [0.25, 0.3) is 0 Å². The Morgan fingerprint density at radius 2 is 2.40 bits per heavy atom. The van der Waals surface area contributed by atoms with Crippen molar-refractivity contribution in [1.29, 1.82) is 0 Å². The van der Waals surface area contributed by atoms with Gasteiger partial charge >= 0.3 is 5.97 Å². The zero-order chi connectivity index (χ0) is 11.0. The number of nitrogens with zero attached hydrogens (tertiary/aromatic N) is 2. The maximum Gasteiger partial charge on any atom is 0.312 e. The van der Waals surface area contributed by atoms with Crippen molar-refractivity contribution in [3.63, 3.8) is 0 Å². The lowest BCUT2D eigenvalue weighted by molar-refractivity contribution is -0.139. The van der Waals surface area contributed by atoms with Crippen LogP contribution in [0.2, 0.25) is 0 Å². The minimum Gasteiger partial charge on any atom is -0.481 e. The molecule has 0 radical (unpaired) electrons. The molecule has 1 aromatic heterocycles. The number of imidazole rings is 1. The molecule has 1 N–H and O–H groups in total. The Labute approximate surface area is 88.9 Å². The van der Waals surface area contributed by atoms with Crippen LogP contribution in [0.1, 0.15) is 50.0 Å². The molecular weight excluding hydrogens is 192 g/mol. The summed E-state index contributed by atoms with van der Waals surface area (Å²) < 4.78 is 2.08. The normalized spacial score (nSPS) is 20.3. The molecule has 0 aromatic carbocycles. The van der Waals surface area contributed by atoms with E-state index in [0.717, 1.165) is 30.9 Å². The zero-order valence-corrected chi connectivity index (χ0v) is 9.10. The largest absolute Gasteiger partial charge is 0.481 e. The van der Waals surface area contributed by atoms with Crippen LogP contribution >= 0.6 is 0 Å². The number of hydrogen-bond acceptors (Lipinski definition) is 2. The van der Waals surface area contributed by atoms with Gasteiger partial charge in [-0.2, -0.15) is 0 Å². The summed E-state index contributed by atoms with van der Waals surface area (Å²) in [6, 6.07) is 0. The van der Waals surface area contributed by atoms with E-state index in [1.54, 1.807) is 6.20 Å². The number of fused-ring (bicyclic) bond motifs is 1. The van der Waals surface area contributed by atoms with Crippen LogP contribution in [0.25, 0.3) is 0 Å². The Hall–Kier alpha value is -1.32. The van der Waals surface area contributed by atoms with Crippen LogP contribution in [0.3, 0.4) is 0 Å². The fraction of sp³-hybridized carbons (Fsp3) is 0.636. The van der Waals surface area contributed by atoms with Crippen molar-refractivity contribution in [2.45, 2.75) is 45.1 Å². The van der Waals surface area contributed by atoms with E-state index in [2.05, 4.69) is 23.4 Å². The number of aromatic nitrogens is 2. The van der Waals surface area contributed by atoms with Gasteiger partial charge in [-0.05, 0) is 12.8 Å². The van der Waals surface area contributed by atoms with Gasteiger partial charge in [0.1, 0.15) is 5.82 Å². The van der Waals surface area contributed by atoms with Crippen molar-refractivity contribution in [3.05, 3.63) is 17.7 Å². The first-order valence-electron chi connectivity index (χ1n) is 5.39. The summed E-state index contributed by atoms with van der Waals surface area (Å²) in [6.07, 6.45) is 3.39. The molecular formula is C11H16N2O2. The Morgan fingerprint density at radius 1 is 1.67 bits per heavy atom. The number of carboxylic acid groups (broad SMARTS) is 1. The Balaban J connectivity index is 2.42. The topological polar surface area (TPSA) is 55.1 Å². The first-order chi connectivity index (χ1) is 7.11.